The fourth-order valence-electron chi connectivity index (χ4n) is 3.33. The number of hydrogen-bond donors (Lipinski definition) is 2. The number of halogens is 1. The summed E-state index contributed by atoms with van der Waals surface area (Å²) < 4.78 is 11.2. The van der Waals surface area contributed by atoms with Crippen LogP contribution in [0.3, 0.4) is 0 Å². The molecule has 164 valence electrons. The summed E-state index contributed by atoms with van der Waals surface area (Å²) in [7, 11) is 1.79. The number of nitrogens with zero attached hydrogens (tertiary/aromatic N) is 2. The van der Waals surface area contributed by atoms with Gasteiger partial charge in [0, 0.05) is 44.5 Å². The molecule has 0 bridgehead atoms. The molecule has 1 aliphatic rings. The van der Waals surface area contributed by atoms with Crippen LogP contribution in [0.25, 0.3) is 0 Å². The summed E-state index contributed by atoms with van der Waals surface area (Å²) in [6.07, 6.45) is 0. The molecule has 0 unspecified atom stereocenters. The van der Waals surface area contributed by atoms with Crippen LogP contribution in [0.15, 0.2) is 47.5 Å². The summed E-state index contributed by atoms with van der Waals surface area (Å²) in [6.45, 7) is 9.63. The minimum absolute atomic E-state index is 0. The molecule has 1 aliphatic heterocycles. The van der Waals surface area contributed by atoms with E-state index >= 15 is 0 Å². The molecule has 30 heavy (non-hydrogen) atoms. The maximum atomic E-state index is 5.76. The van der Waals surface area contributed by atoms with Gasteiger partial charge in [-0.2, -0.15) is 0 Å². The largest absolute Gasteiger partial charge is 0.494 e. The van der Waals surface area contributed by atoms with Crippen molar-refractivity contribution in [2.45, 2.75) is 26.9 Å². The highest BCUT2D eigenvalue weighted by atomic mass is 127. The highest BCUT2D eigenvalue weighted by Gasteiger charge is 2.11. The second-order valence-corrected chi connectivity index (χ2v) is 7.09. The number of morpholine rings is 1. The SMILES string of the molecule is CCOc1cc(C)ccc1CNC(=NC)NCc1ccc(N2CCOCC2)cc1.I. The van der Waals surface area contributed by atoms with Gasteiger partial charge in [-0.05, 0) is 43.2 Å². The molecule has 0 aromatic heterocycles. The molecule has 0 spiro atoms. The van der Waals surface area contributed by atoms with Crippen LogP contribution < -0.4 is 20.3 Å². The van der Waals surface area contributed by atoms with Gasteiger partial charge in [-0.1, -0.05) is 24.3 Å². The first-order chi connectivity index (χ1) is 14.2. The van der Waals surface area contributed by atoms with E-state index in [2.05, 4.69) is 69.9 Å². The molecular formula is C23H33IN4O2. The van der Waals surface area contributed by atoms with Gasteiger partial charge in [0.15, 0.2) is 5.96 Å². The Kier molecular flexibility index (Phi) is 10.2. The Bertz CT molecular complexity index is 805. The van der Waals surface area contributed by atoms with Crippen LogP contribution in [-0.4, -0.2) is 45.9 Å². The van der Waals surface area contributed by atoms with Gasteiger partial charge < -0.3 is 25.0 Å². The van der Waals surface area contributed by atoms with Crippen LogP contribution in [0.1, 0.15) is 23.6 Å². The molecule has 0 saturated carbocycles. The van der Waals surface area contributed by atoms with E-state index in [1.807, 2.05) is 6.92 Å². The van der Waals surface area contributed by atoms with Crippen LogP contribution >= 0.6 is 24.0 Å². The Labute approximate surface area is 197 Å². The molecule has 0 amide bonds. The quantitative estimate of drug-likeness (QED) is 0.329. The molecule has 2 N–H and O–H groups in total. The number of aryl methyl sites for hydroxylation is 1. The highest BCUT2D eigenvalue weighted by molar-refractivity contribution is 14.0. The van der Waals surface area contributed by atoms with Gasteiger partial charge >= 0.3 is 0 Å². The maximum Gasteiger partial charge on any atom is 0.191 e. The van der Waals surface area contributed by atoms with E-state index in [4.69, 9.17) is 9.47 Å². The van der Waals surface area contributed by atoms with Gasteiger partial charge in [-0.25, -0.2) is 0 Å². The van der Waals surface area contributed by atoms with Crippen molar-refractivity contribution in [2.24, 2.45) is 4.99 Å². The molecule has 3 rings (SSSR count). The monoisotopic (exact) mass is 524 g/mol. The number of ether oxygens (including phenoxy) is 2. The lowest BCUT2D eigenvalue weighted by Gasteiger charge is -2.28. The first kappa shape index (κ1) is 24.3. The van der Waals surface area contributed by atoms with Gasteiger partial charge in [0.05, 0.1) is 19.8 Å². The van der Waals surface area contributed by atoms with Crippen LogP contribution in [0, 0.1) is 6.92 Å². The summed E-state index contributed by atoms with van der Waals surface area (Å²) in [6, 6.07) is 15.0. The van der Waals surface area contributed by atoms with E-state index in [9.17, 15) is 0 Å². The van der Waals surface area contributed by atoms with E-state index in [-0.39, 0.29) is 24.0 Å². The van der Waals surface area contributed by atoms with Gasteiger partial charge in [0.1, 0.15) is 5.75 Å². The molecule has 0 atom stereocenters. The van der Waals surface area contributed by atoms with Gasteiger partial charge in [-0.15, -0.1) is 24.0 Å². The first-order valence-corrected chi connectivity index (χ1v) is 10.3. The van der Waals surface area contributed by atoms with Crippen molar-refractivity contribution in [3.63, 3.8) is 0 Å². The predicted octanol–water partition coefficient (Wildman–Crippen LogP) is 3.71. The van der Waals surface area contributed by atoms with Gasteiger partial charge in [0.2, 0.25) is 0 Å². The third-order valence-electron chi connectivity index (χ3n) is 4.96. The highest BCUT2D eigenvalue weighted by Crippen LogP contribution is 2.20. The zero-order valence-corrected chi connectivity index (χ0v) is 20.4. The number of rotatable bonds is 7. The molecule has 0 radical (unpaired) electrons. The number of benzene rings is 2. The van der Waals surface area contributed by atoms with Crippen LogP contribution in [-0.2, 0) is 17.8 Å². The van der Waals surface area contributed by atoms with Crippen molar-refractivity contribution in [2.75, 3.05) is 44.9 Å². The molecule has 1 fully saturated rings. The molecule has 7 heteroatoms. The zero-order valence-electron chi connectivity index (χ0n) is 18.1. The zero-order chi connectivity index (χ0) is 20.5. The summed E-state index contributed by atoms with van der Waals surface area (Å²) in [5, 5.41) is 6.76. The fraction of sp³-hybridized carbons (Fsp3) is 0.435. The van der Waals surface area contributed by atoms with Crippen LogP contribution in [0.2, 0.25) is 0 Å². The van der Waals surface area contributed by atoms with E-state index < -0.39 is 0 Å². The van der Waals surface area contributed by atoms with E-state index in [1.165, 1.54) is 16.8 Å². The second-order valence-electron chi connectivity index (χ2n) is 7.09. The van der Waals surface area contributed by atoms with Gasteiger partial charge in [0.25, 0.3) is 0 Å². The summed E-state index contributed by atoms with van der Waals surface area (Å²) in [5.41, 5.74) is 4.79. The minimum Gasteiger partial charge on any atom is -0.494 e. The lowest BCUT2D eigenvalue weighted by atomic mass is 10.1. The molecule has 0 aliphatic carbocycles. The first-order valence-electron chi connectivity index (χ1n) is 10.3. The molecule has 2 aromatic rings. The Hall–Kier alpha value is -2.00. The predicted molar refractivity (Wildman–Crippen MR) is 134 cm³/mol. The van der Waals surface area contributed by atoms with Crippen molar-refractivity contribution in [3.05, 3.63) is 59.2 Å². The van der Waals surface area contributed by atoms with Crippen molar-refractivity contribution in [3.8, 4) is 5.75 Å². The molecule has 1 heterocycles. The van der Waals surface area contributed by atoms with E-state index in [1.54, 1.807) is 7.05 Å². The second kappa shape index (κ2) is 12.6. The average Bonchev–Trinajstić information content (AvgIpc) is 2.76. The topological polar surface area (TPSA) is 58.1 Å². The minimum atomic E-state index is 0. The number of hydrogen-bond acceptors (Lipinski definition) is 4. The third-order valence-corrected chi connectivity index (χ3v) is 4.96. The molecule has 1 saturated heterocycles. The summed E-state index contributed by atoms with van der Waals surface area (Å²) in [4.78, 5) is 6.69. The summed E-state index contributed by atoms with van der Waals surface area (Å²) in [5.74, 6) is 1.69. The lowest BCUT2D eigenvalue weighted by molar-refractivity contribution is 0.122. The average molecular weight is 524 g/mol. The number of guanidine groups is 1. The normalized spacial score (nSPS) is 14.1. The van der Waals surface area contributed by atoms with Crippen molar-refractivity contribution < 1.29 is 9.47 Å². The Morgan fingerprint density at radius 2 is 1.77 bits per heavy atom. The molecule has 2 aromatic carbocycles. The Morgan fingerprint density at radius 1 is 1.07 bits per heavy atom. The summed E-state index contributed by atoms with van der Waals surface area (Å²) >= 11 is 0. The Morgan fingerprint density at radius 3 is 2.43 bits per heavy atom. The van der Waals surface area contributed by atoms with Crippen molar-refractivity contribution >= 4 is 35.6 Å². The van der Waals surface area contributed by atoms with Gasteiger partial charge in [-0.3, -0.25) is 4.99 Å². The third kappa shape index (κ3) is 7.05. The lowest BCUT2D eigenvalue weighted by Crippen LogP contribution is -2.36. The van der Waals surface area contributed by atoms with E-state index in [0.29, 0.717) is 13.2 Å². The smallest absolute Gasteiger partial charge is 0.191 e. The standard InChI is InChI=1S/C23H32N4O2.HI/c1-4-29-22-15-18(2)5-8-20(22)17-26-23(24-3)25-16-19-6-9-21(10-7-19)27-11-13-28-14-12-27;/h5-10,15H,4,11-14,16-17H2,1-3H3,(H2,24,25,26);1H. The van der Waals surface area contributed by atoms with E-state index in [0.717, 1.165) is 50.1 Å². The molecule has 6 nitrogen and oxygen atoms in total. The van der Waals surface area contributed by atoms with Crippen molar-refractivity contribution in [1.29, 1.82) is 0 Å². The number of aliphatic imine (C=N–C) groups is 1. The Balaban J connectivity index is 0.00000320. The number of nitrogens with one attached hydrogen (secondary N) is 2. The molecular weight excluding hydrogens is 491 g/mol. The van der Waals surface area contributed by atoms with Crippen molar-refractivity contribution in [1.82, 2.24) is 10.6 Å². The fourth-order valence-corrected chi connectivity index (χ4v) is 3.33. The van der Waals surface area contributed by atoms with Crippen LogP contribution in [0.5, 0.6) is 5.75 Å². The maximum absolute atomic E-state index is 5.76. The number of anilines is 1. The van der Waals surface area contributed by atoms with Crippen LogP contribution in [0.4, 0.5) is 5.69 Å².